The van der Waals surface area contributed by atoms with Gasteiger partial charge in [0, 0.05) is 17.2 Å². The summed E-state index contributed by atoms with van der Waals surface area (Å²) in [7, 11) is 0. The smallest absolute Gasteiger partial charge is 0.238 e. The Kier molecular flexibility index (Phi) is 3.84. The van der Waals surface area contributed by atoms with Gasteiger partial charge in [-0.25, -0.2) is 0 Å². The molecule has 1 amide bonds. The predicted molar refractivity (Wildman–Crippen MR) is 61.3 cm³/mol. The van der Waals surface area contributed by atoms with Gasteiger partial charge in [0.2, 0.25) is 5.91 Å². The second kappa shape index (κ2) is 4.53. The van der Waals surface area contributed by atoms with Crippen LogP contribution >= 0.6 is 11.8 Å². The van der Waals surface area contributed by atoms with E-state index in [4.69, 9.17) is 0 Å². The van der Waals surface area contributed by atoms with Gasteiger partial charge in [-0.05, 0) is 19.8 Å². The number of nitrogens with one attached hydrogen (secondary N) is 2. The largest absolute Gasteiger partial charge is 0.354 e. The van der Waals surface area contributed by atoms with Crippen LogP contribution in [0.5, 0.6) is 0 Å². The summed E-state index contributed by atoms with van der Waals surface area (Å²) in [6.07, 6.45) is 0. The molecular formula is C10H20N2OS. The number of carbonyl (C=O) groups excluding carboxylic acids is 1. The van der Waals surface area contributed by atoms with Crippen molar-refractivity contribution in [1.82, 2.24) is 10.6 Å². The summed E-state index contributed by atoms with van der Waals surface area (Å²) >= 11 is 1.80. The van der Waals surface area contributed by atoms with Crippen LogP contribution < -0.4 is 10.6 Å². The Labute approximate surface area is 90.4 Å². The number of amides is 1. The van der Waals surface area contributed by atoms with Crippen LogP contribution in [0, 0.1) is 5.92 Å². The monoisotopic (exact) mass is 216 g/mol. The standard InChI is InChI=1S/C10H20N2OS/c1-7(2)5-11-9(13)8-10(3,4)14-6-12-8/h7-8,12H,5-6H2,1-4H3,(H,11,13)/t8-/m1/s1. The van der Waals surface area contributed by atoms with Crippen molar-refractivity contribution in [3.63, 3.8) is 0 Å². The Morgan fingerprint density at radius 2 is 2.29 bits per heavy atom. The van der Waals surface area contributed by atoms with Crippen molar-refractivity contribution in [3.8, 4) is 0 Å². The summed E-state index contributed by atoms with van der Waals surface area (Å²) in [5.74, 6) is 1.51. The zero-order valence-electron chi connectivity index (χ0n) is 9.39. The molecule has 3 nitrogen and oxygen atoms in total. The van der Waals surface area contributed by atoms with Gasteiger partial charge in [-0.1, -0.05) is 13.8 Å². The van der Waals surface area contributed by atoms with Crippen LogP contribution in [0.15, 0.2) is 0 Å². The maximum Gasteiger partial charge on any atom is 0.238 e. The Balaban J connectivity index is 2.44. The first kappa shape index (κ1) is 11.9. The van der Waals surface area contributed by atoms with E-state index in [1.165, 1.54) is 0 Å². The lowest BCUT2D eigenvalue weighted by molar-refractivity contribution is -0.123. The fourth-order valence-corrected chi connectivity index (χ4v) is 2.43. The SMILES string of the molecule is CC(C)CNC(=O)[C@H]1NCSC1(C)C. The molecule has 2 N–H and O–H groups in total. The highest BCUT2D eigenvalue weighted by molar-refractivity contribution is 8.00. The van der Waals surface area contributed by atoms with Crippen LogP contribution in [0.3, 0.4) is 0 Å². The zero-order valence-corrected chi connectivity index (χ0v) is 10.2. The van der Waals surface area contributed by atoms with E-state index in [0.29, 0.717) is 5.92 Å². The summed E-state index contributed by atoms with van der Waals surface area (Å²) in [4.78, 5) is 11.8. The van der Waals surface area contributed by atoms with Crippen molar-refractivity contribution in [2.45, 2.75) is 38.5 Å². The van der Waals surface area contributed by atoms with Gasteiger partial charge in [0.1, 0.15) is 6.04 Å². The van der Waals surface area contributed by atoms with Crippen LogP contribution in [-0.4, -0.2) is 29.1 Å². The van der Waals surface area contributed by atoms with Gasteiger partial charge in [0.25, 0.3) is 0 Å². The van der Waals surface area contributed by atoms with E-state index in [2.05, 4.69) is 38.3 Å². The lowest BCUT2D eigenvalue weighted by Crippen LogP contribution is -2.50. The van der Waals surface area contributed by atoms with Gasteiger partial charge >= 0.3 is 0 Å². The molecule has 1 aliphatic heterocycles. The highest BCUT2D eigenvalue weighted by atomic mass is 32.2. The number of hydrogen-bond donors (Lipinski definition) is 2. The molecule has 1 rings (SSSR count). The minimum Gasteiger partial charge on any atom is -0.354 e. The predicted octanol–water partition coefficient (Wildman–Crippen LogP) is 1.20. The van der Waals surface area contributed by atoms with E-state index in [1.54, 1.807) is 11.8 Å². The van der Waals surface area contributed by atoms with Crippen molar-refractivity contribution in [2.24, 2.45) is 5.92 Å². The molecule has 0 aromatic heterocycles. The fourth-order valence-electron chi connectivity index (χ4n) is 1.46. The Bertz CT molecular complexity index is 216. The van der Waals surface area contributed by atoms with Gasteiger partial charge in [-0.2, -0.15) is 0 Å². The Morgan fingerprint density at radius 1 is 1.64 bits per heavy atom. The first-order chi connectivity index (χ1) is 6.43. The molecule has 0 aliphatic carbocycles. The minimum absolute atomic E-state index is 0.0149. The van der Waals surface area contributed by atoms with Crippen LogP contribution in [0.4, 0.5) is 0 Å². The lowest BCUT2D eigenvalue weighted by atomic mass is 10.0. The molecule has 0 aromatic carbocycles. The minimum atomic E-state index is -0.0498. The maximum absolute atomic E-state index is 11.8. The second-order valence-corrected chi connectivity index (χ2v) is 6.30. The van der Waals surface area contributed by atoms with E-state index in [1.807, 2.05) is 0 Å². The molecule has 1 heterocycles. The molecule has 0 aromatic rings. The van der Waals surface area contributed by atoms with Crippen molar-refractivity contribution in [1.29, 1.82) is 0 Å². The quantitative estimate of drug-likeness (QED) is 0.745. The van der Waals surface area contributed by atoms with Gasteiger partial charge < -0.3 is 5.32 Å². The summed E-state index contributed by atoms with van der Waals surface area (Å²) in [6.45, 7) is 9.18. The van der Waals surface area contributed by atoms with Crippen molar-refractivity contribution in [3.05, 3.63) is 0 Å². The van der Waals surface area contributed by atoms with Gasteiger partial charge in [-0.3, -0.25) is 10.1 Å². The molecule has 0 bridgehead atoms. The molecule has 0 saturated carbocycles. The van der Waals surface area contributed by atoms with E-state index < -0.39 is 0 Å². The molecule has 82 valence electrons. The molecular weight excluding hydrogens is 196 g/mol. The van der Waals surface area contributed by atoms with Crippen LogP contribution in [-0.2, 0) is 4.79 Å². The van der Waals surface area contributed by atoms with E-state index in [9.17, 15) is 4.79 Å². The van der Waals surface area contributed by atoms with Crippen LogP contribution in [0.1, 0.15) is 27.7 Å². The summed E-state index contributed by atoms with van der Waals surface area (Å²) in [6, 6.07) is -0.0498. The fraction of sp³-hybridized carbons (Fsp3) is 0.900. The molecule has 1 fully saturated rings. The third-order valence-corrected chi connectivity index (χ3v) is 3.66. The maximum atomic E-state index is 11.8. The first-order valence-corrected chi connectivity index (χ1v) is 6.07. The Morgan fingerprint density at radius 3 is 2.71 bits per heavy atom. The number of carbonyl (C=O) groups is 1. The van der Waals surface area contributed by atoms with E-state index >= 15 is 0 Å². The third-order valence-electron chi connectivity index (χ3n) is 2.37. The van der Waals surface area contributed by atoms with Crippen molar-refractivity contribution in [2.75, 3.05) is 12.4 Å². The number of thioether (sulfide) groups is 1. The molecule has 14 heavy (non-hydrogen) atoms. The molecule has 4 heteroatoms. The van der Waals surface area contributed by atoms with E-state index in [-0.39, 0.29) is 16.7 Å². The van der Waals surface area contributed by atoms with E-state index in [0.717, 1.165) is 12.4 Å². The van der Waals surface area contributed by atoms with Crippen LogP contribution in [0.25, 0.3) is 0 Å². The molecule has 1 saturated heterocycles. The zero-order chi connectivity index (χ0) is 10.8. The van der Waals surface area contributed by atoms with Crippen molar-refractivity contribution < 1.29 is 4.79 Å². The second-order valence-electron chi connectivity index (χ2n) is 4.67. The Hall–Kier alpha value is -0.220. The molecule has 1 aliphatic rings. The highest BCUT2D eigenvalue weighted by Gasteiger charge is 2.39. The van der Waals surface area contributed by atoms with Gasteiger partial charge in [0.05, 0.1) is 0 Å². The highest BCUT2D eigenvalue weighted by Crippen LogP contribution is 2.32. The lowest BCUT2D eigenvalue weighted by Gasteiger charge is -2.24. The number of rotatable bonds is 3. The number of hydrogen-bond acceptors (Lipinski definition) is 3. The van der Waals surface area contributed by atoms with Crippen LogP contribution in [0.2, 0.25) is 0 Å². The summed E-state index contributed by atoms with van der Waals surface area (Å²) in [5.41, 5.74) is 0. The molecule has 0 radical (unpaired) electrons. The van der Waals surface area contributed by atoms with Gasteiger partial charge in [-0.15, -0.1) is 11.8 Å². The average molecular weight is 216 g/mol. The summed E-state index contributed by atoms with van der Waals surface area (Å²) in [5, 5.41) is 6.19. The summed E-state index contributed by atoms with van der Waals surface area (Å²) < 4.78 is 0.0149. The molecule has 1 atom stereocenters. The van der Waals surface area contributed by atoms with Gasteiger partial charge in [0.15, 0.2) is 0 Å². The van der Waals surface area contributed by atoms with Crippen molar-refractivity contribution >= 4 is 17.7 Å². The third kappa shape index (κ3) is 2.89. The molecule has 0 spiro atoms. The first-order valence-electron chi connectivity index (χ1n) is 5.08. The molecule has 0 unspecified atom stereocenters. The average Bonchev–Trinajstić information content (AvgIpc) is 2.41. The normalized spacial score (nSPS) is 25.4. The topological polar surface area (TPSA) is 41.1 Å².